The van der Waals surface area contributed by atoms with Crippen LogP contribution in [0, 0.1) is 10.1 Å². The molecule has 1 aromatic carbocycles. The van der Waals surface area contributed by atoms with Crippen molar-refractivity contribution in [2.24, 2.45) is 0 Å². The van der Waals surface area contributed by atoms with E-state index in [9.17, 15) is 19.6 Å². The highest BCUT2D eigenvalue weighted by Crippen LogP contribution is 2.37. The van der Waals surface area contributed by atoms with Gasteiger partial charge >= 0.3 is 8.03 Å². The lowest BCUT2D eigenvalue weighted by Crippen LogP contribution is -2.08. The number of benzene rings is 1. The number of hydrogen-bond donors (Lipinski definition) is 3. The fourth-order valence-electron chi connectivity index (χ4n) is 1.45. The minimum atomic E-state index is -2.59. The monoisotopic (exact) mass is 282 g/mol. The zero-order valence-electron chi connectivity index (χ0n) is 9.42. The fourth-order valence-corrected chi connectivity index (χ4v) is 2.11. The maximum absolute atomic E-state index is 11.3. The molecule has 0 fully saturated rings. The summed E-state index contributed by atoms with van der Waals surface area (Å²) in [6, 6.07) is 5.36. The number of anilines is 1. The molecule has 0 saturated heterocycles. The second-order valence-electron chi connectivity index (χ2n) is 3.53. The Kier molecular flexibility index (Phi) is 3.79. The van der Waals surface area contributed by atoms with Gasteiger partial charge in [-0.05, 0) is 16.7 Å². The van der Waals surface area contributed by atoms with Crippen LogP contribution in [0.4, 0.5) is 11.6 Å². The maximum Gasteiger partial charge on any atom is 0.535 e. The molecular weight excluding hydrogens is 273 g/mol. The summed E-state index contributed by atoms with van der Waals surface area (Å²) in [5, 5.41) is 19.3. The van der Waals surface area contributed by atoms with Crippen molar-refractivity contribution in [1.29, 1.82) is 0 Å². The van der Waals surface area contributed by atoms with Crippen LogP contribution in [0.5, 0.6) is 0 Å². The lowest BCUT2D eigenvalue weighted by atomic mass is 10.2. The molecule has 0 amide bonds. The number of nitrogens with zero attached hydrogens (tertiary/aromatic N) is 3. The van der Waals surface area contributed by atoms with Crippen LogP contribution < -0.4 is 5.32 Å². The summed E-state index contributed by atoms with van der Waals surface area (Å²) in [6.45, 7) is 0. The number of non-ortho nitro benzene ring substituents is 1. The van der Waals surface area contributed by atoms with E-state index < -0.39 is 18.7 Å². The summed E-state index contributed by atoms with van der Waals surface area (Å²) >= 11 is 0. The Hall–Kier alpha value is -2.38. The van der Waals surface area contributed by atoms with Gasteiger partial charge in [0.1, 0.15) is 6.33 Å². The van der Waals surface area contributed by atoms with Crippen molar-refractivity contribution >= 4 is 19.7 Å². The van der Waals surface area contributed by atoms with Crippen molar-refractivity contribution in [3.8, 4) is 0 Å². The largest absolute Gasteiger partial charge is 0.535 e. The topological polar surface area (TPSA) is 134 Å². The van der Waals surface area contributed by atoms with Crippen molar-refractivity contribution in [2.75, 3.05) is 5.32 Å². The summed E-state index contributed by atoms with van der Waals surface area (Å²) < 4.78 is 11.3. The Morgan fingerprint density at radius 3 is 2.58 bits per heavy atom. The third-order valence-corrected chi connectivity index (χ3v) is 3.20. The van der Waals surface area contributed by atoms with Crippen molar-refractivity contribution in [3.63, 3.8) is 0 Å². The lowest BCUT2D eigenvalue weighted by Gasteiger charge is -2.06. The van der Waals surface area contributed by atoms with Gasteiger partial charge < -0.3 is 5.32 Å². The van der Waals surface area contributed by atoms with E-state index in [2.05, 4.69) is 20.5 Å². The molecule has 19 heavy (non-hydrogen) atoms. The number of H-pyrrole nitrogens is 1. The van der Waals surface area contributed by atoms with E-state index in [4.69, 9.17) is 0 Å². The molecule has 1 aromatic heterocycles. The highest BCUT2D eigenvalue weighted by atomic mass is 31.1. The molecule has 0 spiro atoms. The van der Waals surface area contributed by atoms with Gasteiger partial charge in [0.25, 0.3) is 11.5 Å². The number of nitro groups is 1. The van der Waals surface area contributed by atoms with Gasteiger partial charge in [0.15, 0.2) is 0 Å². The van der Waals surface area contributed by atoms with Gasteiger partial charge in [0.05, 0.1) is 4.92 Å². The second kappa shape index (κ2) is 5.51. The summed E-state index contributed by atoms with van der Waals surface area (Å²) in [7, 11) is -2.59. The second-order valence-corrected chi connectivity index (χ2v) is 4.65. The zero-order valence-corrected chi connectivity index (χ0v) is 10.3. The highest BCUT2D eigenvalue weighted by Gasteiger charge is 2.32. The molecule has 3 N–H and O–H groups in total. The normalized spacial score (nSPS) is 12.8. The number of aromatic nitrogens is 3. The summed E-state index contributed by atoms with van der Waals surface area (Å²) in [5.41, 5.74) is 0.348. The summed E-state index contributed by atoms with van der Waals surface area (Å²) in [4.78, 5) is 23.1. The minimum absolute atomic E-state index is 0.0877. The van der Waals surface area contributed by atoms with Gasteiger partial charge in [-0.2, -0.15) is 15.0 Å². The van der Waals surface area contributed by atoms with E-state index in [1.807, 2.05) is 0 Å². The third kappa shape index (κ3) is 3.09. The van der Waals surface area contributed by atoms with E-state index in [0.717, 1.165) is 0 Å². The standard InChI is InChI=1S/C9H8N5O4P/c15-14(16)7-3-1-6(2-4-7)8(19(17)18)12-9-10-5-11-13-9/h1-5,8H,(H2-,10,11,12,13,17,18)/p+1. The molecule has 1 heterocycles. The molecule has 10 heteroatoms. The molecule has 0 bridgehead atoms. The molecule has 0 aliphatic carbocycles. The van der Waals surface area contributed by atoms with Crippen LogP contribution in [-0.2, 0) is 4.57 Å². The molecule has 0 radical (unpaired) electrons. The zero-order chi connectivity index (χ0) is 13.8. The number of nitro benzene ring substituents is 1. The third-order valence-electron chi connectivity index (χ3n) is 2.33. The van der Waals surface area contributed by atoms with Gasteiger partial charge in [-0.15, -0.1) is 0 Å². The predicted molar refractivity (Wildman–Crippen MR) is 65.7 cm³/mol. The van der Waals surface area contributed by atoms with Crippen LogP contribution in [-0.4, -0.2) is 25.0 Å². The van der Waals surface area contributed by atoms with Crippen LogP contribution in [0.3, 0.4) is 0 Å². The molecule has 98 valence electrons. The van der Waals surface area contributed by atoms with Crippen molar-refractivity contribution in [1.82, 2.24) is 15.2 Å². The molecule has 2 aromatic rings. The number of aromatic amines is 1. The van der Waals surface area contributed by atoms with Crippen LogP contribution in [0.2, 0.25) is 0 Å². The number of nitrogens with one attached hydrogen (secondary N) is 2. The molecule has 0 saturated carbocycles. The van der Waals surface area contributed by atoms with Gasteiger partial charge in [-0.25, -0.2) is 5.10 Å². The van der Waals surface area contributed by atoms with Gasteiger partial charge in [-0.3, -0.25) is 10.1 Å². The van der Waals surface area contributed by atoms with E-state index in [0.29, 0.717) is 5.56 Å². The molecule has 0 aliphatic heterocycles. The number of rotatable bonds is 5. The Morgan fingerprint density at radius 1 is 1.42 bits per heavy atom. The van der Waals surface area contributed by atoms with Crippen LogP contribution in [0.15, 0.2) is 30.6 Å². The van der Waals surface area contributed by atoms with Crippen molar-refractivity contribution < 1.29 is 14.4 Å². The average Bonchev–Trinajstić information content (AvgIpc) is 2.88. The Labute approximate surface area is 107 Å². The summed E-state index contributed by atoms with van der Waals surface area (Å²) in [5.74, 6) is -0.690. The van der Waals surface area contributed by atoms with Crippen molar-refractivity contribution in [3.05, 3.63) is 46.3 Å². The van der Waals surface area contributed by atoms with Crippen LogP contribution in [0.1, 0.15) is 11.3 Å². The SMILES string of the molecule is O=[N+]([O-])c1ccc(C(Nc2ncn[nH]2)[P+](=O)O)cc1. The molecule has 0 aliphatic rings. The Morgan fingerprint density at radius 2 is 2.11 bits per heavy atom. The quantitative estimate of drug-likeness (QED) is 0.430. The van der Waals surface area contributed by atoms with Crippen LogP contribution in [0.25, 0.3) is 0 Å². The van der Waals surface area contributed by atoms with E-state index in [-0.39, 0.29) is 11.6 Å². The Bertz CT molecular complexity index is 585. The van der Waals surface area contributed by atoms with Gasteiger partial charge in [0.2, 0.25) is 5.95 Å². The smallest absolute Gasteiger partial charge is 0.305 e. The first-order chi connectivity index (χ1) is 9.08. The van der Waals surface area contributed by atoms with Crippen molar-refractivity contribution in [2.45, 2.75) is 5.78 Å². The summed E-state index contributed by atoms with van der Waals surface area (Å²) in [6.07, 6.45) is 1.25. The maximum atomic E-state index is 11.3. The minimum Gasteiger partial charge on any atom is -0.305 e. The van der Waals surface area contributed by atoms with E-state index >= 15 is 0 Å². The first kappa shape index (κ1) is 13.1. The highest BCUT2D eigenvalue weighted by molar-refractivity contribution is 7.38. The molecule has 9 nitrogen and oxygen atoms in total. The predicted octanol–water partition coefficient (Wildman–Crippen LogP) is 1.56. The first-order valence-electron chi connectivity index (χ1n) is 5.09. The van der Waals surface area contributed by atoms with E-state index in [1.54, 1.807) is 0 Å². The molecule has 2 atom stereocenters. The first-order valence-corrected chi connectivity index (χ1v) is 6.37. The number of hydrogen-bond acceptors (Lipinski definition) is 6. The lowest BCUT2D eigenvalue weighted by molar-refractivity contribution is -0.384. The molecule has 2 unspecified atom stereocenters. The fraction of sp³-hybridized carbons (Fsp3) is 0.111. The molecule has 2 rings (SSSR count). The molecular formula is C9H9N5O4P+. The average molecular weight is 282 g/mol. The Balaban J connectivity index is 2.24. The van der Waals surface area contributed by atoms with Gasteiger partial charge in [-0.1, -0.05) is 0 Å². The van der Waals surface area contributed by atoms with Gasteiger partial charge in [0, 0.05) is 17.7 Å². The van der Waals surface area contributed by atoms with E-state index in [1.165, 1.54) is 30.6 Å². The van der Waals surface area contributed by atoms with Crippen LogP contribution >= 0.6 is 8.03 Å².